The summed E-state index contributed by atoms with van der Waals surface area (Å²) in [4.78, 5) is 13.3. The Morgan fingerprint density at radius 1 is 0.644 bits per heavy atom. The fraction of sp³-hybridized carbons (Fsp3) is 0.458. The second-order valence-electron chi connectivity index (χ2n) is 19.8. The molecule has 0 saturated heterocycles. The number of carbonyl (C=O) groups is 1. The van der Waals surface area contributed by atoms with Crippen molar-refractivity contribution in [2.45, 2.75) is 25.8 Å². The maximum atomic E-state index is 13.3. The topological polar surface area (TPSA) is 63.2 Å². The zero-order valence-corrected chi connectivity index (χ0v) is 45.0. The minimum absolute atomic E-state index is 0. The average Bonchev–Trinajstić information content (AvgIpc) is 3.73. The van der Waals surface area contributed by atoms with Crippen LogP contribution in [0.15, 0.2) is 24.3 Å². The van der Waals surface area contributed by atoms with Gasteiger partial charge in [-0.2, -0.15) is 0 Å². The molecular weight excluding hydrogens is 968 g/mol. The Labute approximate surface area is 493 Å². The van der Waals surface area contributed by atoms with Crippen LogP contribution < -0.4 is 42.9 Å². The summed E-state index contributed by atoms with van der Waals surface area (Å²) in [5.41, 5.74) is 3.79. The molecule has 7 nitrogen and oxygen atoms in total. The Morgan fingerprint density at radius 2 is 1.08 bits per heavy atom. The molecule has 2 aliphatic rings. The van der Waals surface area contributed by atoms with Crippen LogP contribution in [0.25, 0.3) is 0 Å². The van der Waals surface area contributed by atoms with Gasteiger partial charge in [-0.1, -0.05) is 0 Å². The standard InChI is InChI=1S/C24H30NO6.B41.HI/c1-15-10-16(6-7-20(15)29-13-27-4)19(26)12-18-22-17(8-9-25(18,2)3)11-21-23(24(22)28-5)31-14-30-21;1-22-33(23(2)3)38(32(20)21)41(39(34(24(4)5)25(6)7)35(26(8)9)27(10)11)40(36(28(12)13)29(14)15)37(30(16)17)31(18)19;/h6-7,10-11,18H,8-9,12-14H2,1-5H3;;1H/q+1;;/p-1. The second-order valence-corrected chi connectivity index (χ2v) is 19.8. The van der Waals surface area contributed by atoms with E-state index in [0.29, 0.717) is 33.7 Å². The molecule has 1 unspecified atom stereocenters. The lowest BCUT2D eigenvalue weighted by atomic mass is 8.27. The van der Waals surface area contributed by atoms with Crippen molar-refractivity contribution >= 4 is 297 Å². The number of rotatable bonds is 26. The van der Waals surface area contributed by atoms with Gasteiger partial charge in [0.2, 0.25) is 12.5 Å². The van der Waals surface area contributed by atoms with E-state index in [2.05, 4.69) is 14.1 Å². The third-order valence-corrected chi connectivity index (χ3v) is 14.5. The van der Waals surface area contributed by atoms with Crippen LogP contribution in [-0.2, 0) is 11.2 Å². The number of hydrogen-bond acceptors (Lipinski definition) is 6. The van der Waals surface area contributed by atoms with Gasteiger partial charge in [-0.3, -0.25) is 4.79 Å². The molecule has 0 aromatic heterocycles. The number of Topliss-reactive ketones (excluding diaryl/α,β-unsaturated/α-hetero) is 1. The van der Waals surface area contributed by atoms with Gasteiger partial charge >= 0.3 is 0 Å². The molecule has 1 atom stereocenters. The van der Waals surface area contributed by atoms with Crippen molar-refractivity contribution in [1.29, 1.82) is 0 Å². The van der Waals surface area contributed by atoms with Crippen LogP contribution in [0, 0.1) is 6.92 Å². The number of quaternary nitrogens is 1. The number of hydrogen-bond donors (Lipinski definition) is 0. The maximum absolute atomic E-state index is 13.3. The van der Waals surface area contributed by atoms with E-state index in [-0.39, 0.29) is 49.4 Å². The SMILES string of the molecule is COCOc1ccc(C(=O)CC2c3c(cc4c(c3OC)OCO4)CC[N+]2(C)C)cc1C.[B][B]B(B([B])[B])B(B([B])[B])B(B(B(B([B])[B])B([B])[B])B(B([B])[B])B([B])[B])B(B(B([B])[B])B([B])[B])B(B([B])[B])B([B])[B].[I-]. The molecular formula is C24H30B41INO6. The van der Waals surface area contributed by atoms with E-state index in [1.807, 2.05) is 31.2 Å². The number of likely N-dealkylation sites (N-methyl/N-ethyl adjacent to an activating group) is 1. The third-order valence-electron chi connectivity index (χ3n) is 14.5. The molecule has 0 bridgehead atoms. The first-order chi connectivity index (χ1) is 33.5. The molecule has 4 rings (SSSR count). The minimum Gasteiger partial charge on any atom is -1.00 e. The van der Waals surface area contributed by atoms with Gasteiger partial charge < -0.3 is 52.1 Å². The van der Waals surface area contributed by atoms with Crippen LogP contribution in [0.3, 0.4) is 0 Å². The number of methoxy groups -OCH3 is 2. The fourth-order valence-electron chi connectivity index (χ4n) is 11.2. The van der Waals surface area contributed by atoms with Crippen molar-refractivity contribution in [3.05, 3.63) is 46.5 Å². The van der Waals surface area contributed by atoms with Gasteiger partial charge in [-0.15, -0.1) is 0 Å². The fourth-order valence-corrected chi connectivity index (χ4v) is 11.2. The normalized spacial score (nSPS) is 13.2. The number of nitrogens with zero attached hydrogens (tertiary/aromatic N) is 1. The number of aryl methyl sites for hydroxylation is 1. The maximum Gasteiger partial charge on any atom is 0.231 e. The Bertz CT molecular complexity index is 1890. The summed E-state index contributed by atoms with van der Waals surface area (Å²) in [5, 5.41) is 0. The lowest BCUT2D eigenvalue weighted by Crippen LogP contribution is -3.00. The lowest BCUT2D eigenvalue weighted by Gasteiger charge is -2.54. The first-order valence-electron chi connectivity index (χ1n) is 23.8. The van der Waals surface area contributed by atoms with Crippen molar-refractivity contribution in [2.24, 2.45) is 0 Å². The molecule has 2 aliphatic heterocycles. The molecule has 49 heteroatoms. The highest BCUT2D eigenvalue weighted by Crippen LogP contribution is 2.51. The molecule has 0 aliphatic carbocycles. The Hall–Kier alpha value is 0.622. The highest BCUT2D eigenvalue weighted by Gasteiger charge is 2.57. The zero-order chi connectivity index (χ0) is 54.8. The smallest absolute Gasteiger partial charge is 0.231 e. The van der Waals surface area contributed by atoms with E-state index < -0.39 is 121 Å². The monoisotopic (exact) mass is 1010 g/mol. The number of carbonyl (C=O) groups excluding carboxylic acids is 1. The molecule has 0 N–H and O–H groups in total. The molecule has 2 aromatic rings. The van der Waals surface area contributed by atoms with Crippen molar-refractivity contribution in [3.8, 4) is 23.0 Å². The van der Waals surface area contributed by atoms with Gasteiger partial charge in [-0.05, 0) is 42.3 Å². The van der Waals surface area contributed by atoms with E-state index in [0.717, 1.165) is 35.4 Å². The second kappa shape index (κ2) is 31.6. The average molecular weight is 999 g/mol. The van der Waals surface area contributed by atoms with Crippen LogP contribution >= 0.6 is 0 Å². The summed E-state index contributed by atoms with van der Waals surface area (Å²) < 4.78 is 28.3. The zero-order valence-electron chi connectivity index (χ0n) is 42.9. The summed E-state index contributed by atoms with van der Waals surface area (Å²) in [6, 6.07) is 7.53. The predicted octanol–water partition coefficient (Wildman–Crippen LogP) is -14.9. The third kappa shape index (κ3) is 17.6. The van der Waals surface area contributed by atoms with Crippen LogP contribution in [0.1, 0.15) is 39.5 Å². The number of halogens is 1. The van der Waals surface area contributed by atoms with E-state index in [1.165, 1.54) is 7.06 Å². The summed E-state index contributed by atoms with van der Waals surface area (Å²) in [7, 11) is 140. The highest BCUT2D eigenvalue weighted by molar-refractivity contribution is 8.32. The molecule has 0 saturated carbocycles. The summed E-state index contributed by atoms with van der Waals surface area (Å²) in [6.07, 6.45) is -20.1. The minimum atomic E-state index is -1.23. The summed E-state index contributed by atoms with van der Waals surface area (Å²) in [5.74, 6) is 2.84. The Morgan fingerprint density at radius 3 is 1.45 bits per heavy atom. The Kier molecular flexibility index (Phi) is 30.2. The first-order valence-corrected chi connectivity index (χ1v) is 23.8. The van der Waals surface area contributed by atoms with Gasteiger partial charge in [-0.25, -0.2) is 0 Å². The van der Waals surface area contributed by atoms with E-state index in [4.69, 9.17) is 186 Å². The molecule has 297 valence electrons. The van der Waals surface area contributed by atoms with Crippen LogP contribution in [-0.4, -0.2) is 350 Å². The molecule has 43 radical (unpaired) electrons. The first kappa shape index (κ1) is 69.7. The number of ketones is 1. The van der Waals surface area contributed by atoms with Crippen LogP contribution in [0.4, 0.5) is 0 Å². The van der Waals surface area contributed by atoms with Gasteiger partial charge in [0.25, 0.3) is 0 Å². The van der Waals surface area contributed by atoms with E-state index >= 15 is 0 Å². The van der Waals surface area contributed by atoms with Gasteiger partial charge in [0.15, 0.2) is 24.1 Å². The summed E-state index contributed by atoms with van der Waals surface area (Å²) in [6.45, 7) is 3.22. The lowest BCUT2D eigenvalue weighted by molar-refractivity contribution is -0.922. The van der Waals surface area contributed by atoms with Gasteiger partial charge in [0.05, 0.1) is 39.7 Å². The molecule has 0 amide bonds. The molecule has 0 fully saturated rings. The summed E-state index contributed by atoms with van der Waals surface area (Å²) >= 11 is 0. The van der Waals surface area contributed by atoms with Gasteiger partial charge in [0.1, 0.15) is 11.8 Å². The van der Waals surface area contributed by atoms with E-state index in [1.54, 1.807) is 14.2 Å². The van der Waals surface area contributed by atoms with Crippen molar-refractivity contribution in [2.75, 3.05) is 48.4 Å². The molecule has 2 heterocycles. The molecule has 73 heavy (non-hydrogen) atoms. The highest BCUT2D eigenvalue weighted by atomic mass is 127. The Balaban J connectivity index is 0.000000508. The van der Waals surface area contributed by atoms with E-state index in [9.17, 15) is 4.79 Å². The van der Waals surface area contributed by atoms with Crippen molar-refractivity contribution in [1.82, 2.24) is 0 Å². The van der Waals surface area contributed by atoms with Gasteiger partial charge in [0, 0.05) is 310 Å². The predicted molar refractivity (Wildman–Crippen MR) is 351 cm³/mol. The van der Waals surface area contributed by atoms with Crippen molar-refractivity contribution in [3.63, 3.8) is 0 Å². The number of fused-ring (bicyclic) bond motifs is 2. The van der Waals surface area contributed by atoms with Crippen LogP contribution in [0.5, 0.6) is 23.0 Å². The van der Waals surface area contributed by atoms with Crippen molar-refractivity contribution < 1.29 is 56.9 Å². The largest absolute Gasteiger partial charge is 1.00 e. The van der Waals surface area contributed by atoms with Crippen LogP contribution in [0.2, 0.25) is 0 Å². The molecule has 2 aromatic carbocycles. The quantitative estimate of drug-likeness (QED) is 0.0308. The number of ether oxygens (including phenoxy) is 5. The molecule has 0 spiro atoms. The number of benzene rings is 2.